The second-order valence-corrected chi connectivity index (χ2v) is 9.06. The molecule has 1 aromatic carbocycles. The number of aliphatic hydroxyl groups is 1. The zero-order valence-corrected chi connectivity index (χ0v) is 18.0. The number of rotatable bonds is 8. The van der Waals surface area contributed by atoms with Gasteiger partial charge in [-0.25, -0.2) is 13.2 Å². The Kier molecular flexibility index (Phi) is 7.47. The molecule has 3 rings (SSSR count). The summed E-state index contributed by atoms with van der Waals surface area (Å²) in [5, 5.41) is 12.6. The molecule has 168 valence electrons. The van der Waals surface area contributed by atoms with Crippen LogP contribution in [0.2, 0.25) is 0 Å². The monoisotopic (exact) mass is 450 g/mol. The normalized spacial score (nSPS) is 16.6. The smallest absolute Gasteiger partial charge is 0.374 e. The van der Waals surface area contributed by atoms with Crippen LogP contribution in [0.3, 0.4) is 0 Å². The van der Waals surface area contributed by atoms with Crippen molar-refractivity contribution in [1.82, 2.24) is 9.62 Å². The minimum absolute atomic E-state index is 0.0877. The van der Waals surface area contributed by atoms with Crippen LogP contribution in [0, 0.1) is 5.92 Å². The first kappa shape index (κ1) is 23.0. The number of piperidine rings is 1. The summed E-state index contributed by atoms with van der Waals surface area (Å²) in [6, 6.07) is 11.5. The van der Waals surface area contributed by atoms with Crippen molar-refractivity contribution in [2.45, 2.75) is 31.0 Å². The van der Waals surface area contributed by atoms with Crippen LogP contribution in [0.1, 0.15) is 42.0 Å². The van der Waals surface area contributed by atoms with Gasteiger partial charge in [0.25, 0.3) is 10.0 Å². The number of nitrogens with one attached hydrogen (secondary N) is 1. The van der Waals surface area contributed by atoms with Crippen molar-refractivity contribution >= 4 is 21.9 Å². The van der Waals surface area contributed by atoms with Gasteiger partial charge in [0.1, 0.15) is 0 Å². The SMILES string of the molecule is CCOC(=O)c1ccc(S(=O)(=O)N2CCC(C(=O)NCC(O)c3ccccc3)CC2)o1. The lowest BCUT2D eigenvalue weighted by atomic mass is 9.97. The molecule has 9 nitrogen and oxygen atoms in total. The molecule has 0 radical (unpaired) electrons. The van der Waals surface area contributed by atoms with Gasteiger partial charge in [-0.05, 0) is 37.5 Å². The zero-order chi connectivity index (χ0) is 22.4. The molecule has 0 saturated carbocycles. The van der Waals surface area contributed by atoms with Gasteiger partial charge in [-0.3, -0.25) is 4.79 Å². The van der Waals surface area contributed by atoms with Crippen molar-refractivity contribution in [1.29, 1.82) is 0 Å². The van der Waals surface area contributed by atoms with Crippen LogP contribution in [0.4, 0.5) is 0 Å². The first-order valence-corrected chi connectivity index (χ1v) is 11.5. The zero-order valence-electron chi connectivity index (χ0n) is 17.2. The number of nitrogens with zero attached hydrogens (tertiary/aromatic N) is 1. The molecule has 1 atom stereocenters. The molecule has 1 amide bonds. The average Bonchev–Trinajstić information content (AvgIpc) is 3.29. The van der Waals surface area contributed by atoms with Gasteiger partial charge in [-0.15, -0.1) is 0 Å². The predicted octanol–water partition coefficient (Wildman–Crippen LogP) is 1.71. The van der Waals surface area contributed by atoms with E-state index in [0.717, 1.165) is 0 Å². The summed E-state index contributed by atoms with van der Waals surface area (Å²) < 4.78 is 36.8. The summed E-state index contributed by atoms with van der Waals surface area (Å²) >= 11 is 0. The third kappa shape index (κ3) is 5.52. The number of benzene rings is 1. The van der Waals surface area contributed by atoms with E-state index in [1.807, 2.05) is 18.2 Å². The third-order valence-corrected chi connectivity index (χ3v) is 6.90. The molecule has 0 spiro atoms. The maximum atomic E-state index is 12.8. The number of sulfonamides is 1. The number of carbonyl (C=O) groups excluding carboxylic acids is 2. The highest BCUT2D eigenvalue weighted by Crippen LogP contribution is 2.25. The van der Waals surface area contributed by atoms with Crippen molar-refractivity contribution in [3.8, 4) is 0 Å². The predicted molar refractivity (Wildman–Crippen MR) is 111 cm³/mol. The van der Waals surface area contributed by atoms with E-state index in [0.29, 0.717) is 18.4 Å². The molecule has 0 bridgehead atoms. The van der Waals surface area contributed by atoms with Crippen LogP contribution in [-0.4, -0.2) is 55.9 Å². The highest BCUT2D eigenvalue weighted by atomic mass is 32.2. The maximum absolute atomic E-state index is 12.8. The van der Waals surface area contributed by atoms with E-state index in [4.69, 9.17) is 9.15 Å². The molecule has 1 aliphatic heterocycles. The fraction of sp³-hybridized carbons (Fsp3) is 0.429. The fourth-order valence-electron chi connectivity index (χ4n) is 3.39. The lowest BCUT2D eigenvalue weighted by Crippen LogP contribution is -2.43. The van der Waals surface area contributed by atoms with E-state index in [2.05, 4.69) is 5.32 Å². The Morgan fingerprint density at radius 3 is 2.52 bits per heavy atom. The summed E-state index contributed by atoms with van der Waals surface area (Å²) in [5.41, 5.74) is 0.712. The number of carbonyl (C=O) groups is 2. The van der Waals surface area contributed by atoms with Crippen molar-refractivity contribution in [2.24, 2.45) is 5.92 Å². The fourth-order valence-corrected chi connectivity index (χ4v) is 4.77. The number of hydrogen-bond donors (Lipinski definition) is 2. The van der Waals surface area contributed by atoms with Crippen LogP contribution in [0.5, 0.6) is 0 Å². The molecule has 2 heterocycles. The Balaban J connectivity index is 1.52. The number of amides is 1. The average molecular weight is 451 g/mol. The number of esters is 1. The lowest BCUT2D eigenvalue weighted by molar-refractivity contribution is -0.126. The molecular formula is C21H26N2O7S. The molecule has 0 aliphatic carbocycles. The first-order valence-electron chi connectivity index (χ1n) is 10.1. The second-order valence-electron chi connectivity index (χ2n) is 7.19. The van der Waals surface area contributed by atoms with Gasteiger partial charge in [0.2, 0.25) is 16.8 Å². The maximum Gasteiger partial charge on any atom is 0.374 e. The minimum Gasteiger partial charge on any atom is -0.460 e. The van der Waals surface area contributed by atoms with Crippen LogP contribution < -0.4 is 5.32 Å². The molecule has 1 aromatic heterocycles. The third-order valence-electron chi connectivity index (χ3n) is 5.13. The largest absolute Gasteiger partial charge is 0.460 e. The molecule has 2 N–H and O–H groups in total. The van der Waals surface area contributed by atoms with Crippen LogP contribution in [-0.2, 0) is 19.6 Å². The number of furan rings is 1. The van der Waals surface area contributed by atoms with Crippen molar-refractivity contribution in [2.75, 3.05) is 26.2 Å². The summed E-state index contributed by atoms with van der Waals surface area (Å²) in [7, 11) is -3.91. The minimum atomic E-state index is -3.91. The molecule has 1 saturated heterocycles. The molecule has 2 aromatic rings. The van der Waals surface area contributed by atoms with Crippen LogP contribution in [0.15, 0.2) is 52.0 Å². The topological polar surface area (TPSA) is 126 Å². The Hall–Kier alpha value is -2.69. The Labute approximate surface area is 181 Å². The van der Waals surface area contributed by atoms with Gasteiger partial charge in [-0.1, -0.05) is 30.3 Å². The number of hydrogen-bond acceptors (Lipinski definition) is 7. The van der Waals surface area contributed by atoms with Gasteiger partial charge in [0.15, 0.2) is 0 Å². The van der Waals surface area contributed by atoms with E-state index >= 15 is 0 Å². The van der Waals surface area contributed by atoms with E-state index in [1.165, 1.54) is 16.4 Å². The van der Waals surface area contributed by atoms with Crippen LogP contribution >= 0.6 is 0 Å². The van der Waals surface area contributed by atoms with Gasteiger partial charge >= 0.3 is 5.97 Å². The molecule has 10 heteroatoms. The highest BCUT2D eigenvalue weighted by Gasteiger charge is 2.34. The Morgan fingerprint density at radius 2 is 1.87 bits per heavy atom. The van der Waals surface area contributed by atoms with Gasteiger partial charge in [0, 0.05) is 25.6 Å². The van der Waals surface area contributed by atoms with Gasteiger partial charge in [0.05, 0.1) is 12.7 Å². The van der Waals surface area contributed by atoms with Crippen LogP contribution in [0.25, 0.3) is 0 Å². The molecule has 1 unspecified atom stereocenters. The quantitative estimate of drug-likeness (QED) is 0.586. The second kappa shape index (κ2) is 10.1. The highest BCUT2D eigenvalue weighted by molar-refractivity contribution is 7.89. The van der Waals surface area contributed by atoms with Gasteiger partial charge in [-0.2, -0.15) is 4.31 Å². The lowest BCUT2D eigenvalue weighted by Gasteiger charge is -2.30. The van der Waals surface area contributed by atoms with Crippen molar-refractivity contribution in [3.63, 3.8) is 0 Å². The summed E-state index contributed by atoms with van der Waals surface area (Å²) in [5.74, 6) is -1.46. The van der Waals surface area contributed by atoms with Crippen molar-refractivity contribution in [3.05, 3.63) is 53.8 Å². The molecule has 31 heavy (non-hydrogen) atoms. The standard InChI is InChI=1S/C21H26N2O7S/c1-2-29-21(26)18-8-9-19(30-18)31(27,28)23-12-10-16(11-13-23)20(25)22-14-17(24)15-6-4-3-5-7-15/h3-9,16-17,24H,2,10-14H2,1H3,(H,22,25). The van der Waals surface area contributed by atoms with E-state index in [1.54, 1.807) is 19.1 Å². The summed E-state index contributed by atoms with van der Waals surface area (Å²) in [6.07, 6.45) is -0.117. The molecule has 1 fully saturated rings. The van der Waals surface area contributed by atoms with E-state index < -0.39 is 22.1 Å². The van der Waals surface area contributed by atoms with E-state index in [-0.39, 0.29) is 48.9 Å². The van der Waals surface area contributed by atoms with E-state index in [9.17, 15) is 23.1 Å². The first-order chi connectivity index (χ1) is 14.8. The van der Waals surface area contributed by atoms with Crippen molar-refractivity contribution < 1.29 is 32.3 Å². The number of aliphatic hydroxyl groups excluding tert-OH is 1. The Bertz CT molecular complexity index is 996. The van der Waals surface area contributed by atoms with Gasteiger partial charge < -0.3 is 19.6 Å². The number of ether oxygens (including phenoxy) is 1. The summed E-state index contributed by atoms with van der Waals surface area (Å²) in [6.45, 7) is 2.18. The molecule has 1 aliphatic rings. The molecular weight excluding hydrogens is 424 g/mol. The Morgan fingerprint density at radius 1 is 1.19 bits per heavy atom. The summed E-state index contributed by atoms with van der Waals surface area (Å²) in [4.78, 5) is 24.1.